The normalized spacial score (nSPS) is 16.7. The first-order valence-electron chi connectivity index (χ1n) is 8.58. The first kappa shape index (κ1) is 15.6. The third-order valence-corrected chi connectivity index (χ3v) is 4.74. The fraction of sp³-hybridized carbons (Fsp3) is 0.316. The van der Waals surface area contributed by atoms with Crippen molar-refractivity contribution >= 4 is 5.91 Å². The summed E-state index contributed by atoms with van der Waals surface area (Å²) >= 11 is 0. The van der Waals surface area contributed by atoms with Crippen LogP contribution in [0.5, 0.6) is 0 Å². The molecule has 6 nitrogen and oxygen atoms in total. The van der Waals surface area contributed by atoms with Gasteiger partial charge in [-0.05, 0) is 25.5 Å². The summed E-state index contributed by atoms with van der Waals surface area (Å²) in [4.78, 5) is 22.7. The summed E-state index contributed by atoms with van der Waals surface area (Å²) < 4.78 is 1.78. The first-order valence-corrected chi connectivity index (χ1v) is 8.58. The van der Waals surface area contributed by atoms with Crippen LogP contribution in [-0.4, -0.2) is 37.1 Å². The second kappa shape index (κ2) is 6.20. The molecule has 2 aromatic heterocycles. The minimum atomic E-state index is 0.0173. The van der Waals surface area contributed by atoms with E-state index < -0.39 is 0 Å². The molecule has 0 spiro atoms. The zero-order chi connectivity index (χ0) is 17.4. The van der Waals surface area contributed by atoms with Crippen molar-refractivity contribution in [1.29, 1.82) is 0 Å². The van der Waals surface area contributed by atoms with Gasteiger partial charge >= 0.3 is 0 Å². The molecule has 0 bridgehead atoms. The van der Waals surface area contributed by atoms with Crippen LogP contribution in [0.4, 0.5) is 0 Å². The van der Waals surface area contributed by atoms with E-state index in [1.54, 1.807) is 11.0 Å². The lowest BCUT2D eigenvalue weighted by Crippen LogP contribution is -2.39. The lowest BCUT2D eigenvalue weighted by molar-refractivity contribution is 0.0709. The number of aromatic amines is 1. The standard InChI is InChI=1S/C19H21N5O/c1-3-24-17(9-13(2)22-24)19(25)23-10-15(14-7-5-4-6-8-14)18-16(11-23)20-12-21-18/h4-9,12,15H,3,10-11H2,1-2H3,(H,20,21). The number of carbonyl (C=O) groups excluding carboxylic acids is 1. The first-order chi connectivity index (χ1) is 12.2. The Kier molecular flexibility index (Phi) is 3.87. The number of rotatable bonds is 3. The molecule has 4 rings (SSSR count). The molecular formula is C19H21N5O. The molecule has 0 radical (unpaired) electrons. The molecule has 1 unspecified atom stereocenters. The predicted octanol–water partition coefficient (Wildman–Crippen LogP) is 2.72. The number of aromatic nitrogens is 4. The van der Waals surface area contributed by atoms with Gasteiger partial charge in [0.15, 0.2) is 0 Å². The third kappa shape index (κ3) is 2.73. The van der Waals surface area contributed by atoms with Crippen LogP contribution in [0.1, 0.15) is 46.0 Å². The van der Waals surface area contributed by atoms with Crippen LogP contribution in [0.2, 0.25) is 0 Å². The third-order valence-electron chi connectivity index (χ3n) is 4.74. The van der Waals surface area contributed by atoms with Gasteiger partial charge < -0.3 is 9.88 Å². The van der Waals surface area contributed by atoms with E-state index in [1.807, 2.05) is 43.0 Å². The number of nitrogens with zero attached hydrogens (tertiary/aromatic N) is 4. The van der Waals surface area contributed by atoms with Gasteiger partial charge in [-0.25, -0.2) is 4.98 Å². The number of carbonyl (C=O) groups is 1. The van der Waals surface area contributed by atoms with Gasteiger partial charge in [0.05, 0.1) is 30.0 Å². The van der Waals surface area contributed by atoms with Crippen LogP contribution in [0.25, 0.3) is 0 Å². The predicted molar refractivity (Wildman–Crippen MR) is 94.3 cm³/mol. The Morgan fingerprint density at radius 3 is 2.88 bits per heavy atom. The van der Waals surface area contributed by atoms with Crippen molar-refractivity contribution in [2.45, 2.75) is 32.9 Å². The van der Waals surface area contributed by atoms with E-state index in [-0.39, 0.29) is 11.8 Å². The molecule has 0 aliphatic carbocycles. The van der Waals surface area contributed by atoms with Crippen LogP contribution in [-0.2, 0) is 13.1 Å². The quantitative estimate of drug-likeness (QED) is 0.800. The molecule has 3 aromatic rings. The number of nitrogens with one attached hydrogen (secondary N) is 1. The molecule has 3 heterocycles. The van der Waals surface area contributed by atoms with E-state index in [1.165, 1.54) is 5.56 Å². The molecule has 6 heteroatoms. The van der Waals surface area contributed by atoms with Crippen molar-refractivity contribution in [3.05, 3.63) is 71.1 Å². The van der Waals surface area contributed by atoms with E-state index >= 15 is 0 Å². The maximum atomic E-state index is 13.1. The van der Waals surface area contributed by atoms with Crippen LogP contribution >= 0.6 is 0 Å². The lowest BCUT2D eigenvalue weighted by atomic mass is 9.91. The number of fused-ring (bicyclic) bond motifs is 1. The Hall–Kier alpha value is -2.89. The molecule has 1 aliphatic rings. The Morgan fingerprint density at radius 2 is 2.12 bits per heavy atom. The highest BCUT2D eigenvalue weighted by atomic mass is 16.2. The summed E-state index contributed by atoms with van der Waals surface area (Å²) in [5.41, 5.74) is 4.73. The highest BCUT2D eigenvalue weighted by Crippen LogP contribution is 2.32. The summed E-state index contributed by atoms with van der Waals surface area (Å²) in [6.45, 7) is 5.76. The molecule has 0 saturated carbocycles. The average Bonchev–Trinajstić information content (AvgIpc) is 3.26. The van der Waals surface area contributed by atoms with Crippen molar-refractivity contribution < 1.29 is 4.79 Å². The molecule has 1 aromatic carbocycles. The summed E-state index contributed by atoms with van der Waals surface area (Å²) in [6, 6.07) is 12.1. The Labute approximate surface area is 146 Å². The maximum absolute atomic E-state index is 13.1. The summed E-state index contributed by atoms with van der Waals surface area (Å²) in [6.07, 6.45) is 1.72. The number of hydrogen-bond donors (Lipinski definition) is 1. The number of hydrogen-bond acceptors (Lipinski definition) is 3. The Bertz CT molecular complexity index is 896. The van der Waals surface area contributed by atoms with Crippen molar-refractivity contribution in [1.82, 2.24) is 24.6 Å². The average molecular weight is 335 g/mol. The topological polar surface area (TPSA) is 66.8 Å². The molecule has 0 saturated heterocycles. The number of H-pyrrole nitrogens is 1. The second-order valence-corrected chi connectivity index (χ2v) is 6.40. The van der Waals surface area contributed by atoms with Gasteiger partial charge in [0.25, 0.3) is 5.91 Å². The molecule has 1 amide bonds. The van der Waals surface area contributed by atoms with Crippen molar-refractivity contribution in [2.75, 3.05) is 6.54 Å². The molecule has 0 fully saturated rings. The summed E-state index contributed by atoms with van der Waals surface area (Å²) in [7, 11) is 0. The van der Waals surface area contributed by atoms with Gasteiger partial charge in [0.2, 0.25) is 0 Å². The van der Waals surface area contributed by atoms with Crippen molar-refractivity contribution in [3.63, 3.8) is 0 Å². The van der Waals surface area contributed by atoms with E-state index in [4.69, 9.17) is 0 Å². The molecule has 128 valence electrons. The monoisotopic (exact) mass is 335 g/mol. The molecule has 1 aliphatic heterocycles. The number of imidazole rings is 1. The van der Waals surface area contributed by atoms with E-state index in [0.29, 0.717) is 25.3 Å². The smallest absolute Gasteiger partial charge is 0.272 e. The van der Waals surface area contributed by atoms with Gasteiger partial charge in [-0.3, -0.25) is 9.48 Å². The zero-order valence-electron chi connectivity index (χ0n) is 14.4. The Morgan fingerprint density at radius 1 is 1.32 bits per heavy atom. The lowest BCUT2D eigenvalue weighted by Gasteiger charge is -2.32. The highest BCUT2D eigenvalue weighted by molar-refractivity contribution is 5.93. The fourth-order valence-corrected chi connectivity index (χ4v) is 3.54. The minimum absolute atomic E-state index is 0.0173. The van der Waals surface area contributed by atoms with E-state index in [9.17, 15) is 4.79 Å². The van der Waals surface area contributed by atoms with Crippen LogP contribution in [0, 0.1) is 6.92 Å². The summed E-state index contributed by atoms with van der Waals surface area (Å²) in [5.74, 6) is 0.0999. The number of aryl methyl sites for hydroxylation is 2. The van der Waals surface area contributed by atoms with Gasteiger partial charge in [0.1, 0.15) is 5.69 Å². The van der Waals surface area contributed by atoms with Crippen molar-refractivity contribution in [2.24, 2.45) is 0 Å². The second-order valence-electron chi connectivity index (χ2n) is 6.40. The Balaban J connectivity index is 1.69. The van der Waals surface area contributed by atoms with Crippen molar-refractivity contribution in [3.8, 4) is 0 Å². The fourth-order valence-electron chi connectivity index (χ4n) is 3.54. The van der Waals surface area contributed by atoms with Gasteiger partial charge in [-0.15, -0.1) is 0 Å². The van der Waals surface area contributed by atoms with Crippen LogP contribution < -0.4 is 0 Å². The van der Waals surface area contributed by atoms with Gasteiger partial charge in [-0.2, -0.15) is 5.10 Å². The molecular weight excluding hydrogens is 314 g/mol. The van der Waals surface area contributed by atoms with E-state index in [2.05, 4.69) is 27.2 Å². The summed E-state index contributed by atoms with van der Waals surface area (Å²) in [5, 5.41) is 4.41. The number of amides is 1. The maximum Gasteiger partial charge on any atom is 0.272 e. The van der Waals surface area contributed by atoms with Crippen LogP contribution in [0.15, 0.2) is 42.7 Å². The van der Waals surface area contributed by atoms with Gasteiger partial charge in [-0.1, -0.05) is 30.3 Å². The largest absolute Gasteiger partial charge is 0.347 e. The SMILES string of the molecule is CCn1nc(C)cc1C(=O)N1Cc2[nH]cnc2C(c2ccccc2)C1. The minimum Gasteiger partial charge on any atom is -0.347 e. The van der Waals surface area contributed by atoms with Crippen LogP contribution in [0.3, 0.4) is 0 Å². The number of benzene rings is 1. The zero-order valence-corrected chi connectivity index (χ0v) is 14.4. The molecule has 25 heavy (non-hydrogen) atoms. The highest BCUT2D eigenvalue weighted by Gasteiger charge is 2.32. The molecule has 1 N–H and O–H groups in total. The van der Waals surface area contributed by atoms with Gasteiger partial charge in [0, 0.05) is 19.0 Å². The van der Waals surface area contributed by atoms with E-state index in [0.717, 1.165) is 17.1 Å². The molecule has 1 atom stereocenters.